The summed E-state index contributed by atoms with van der Waals surface area (Å²) in [6.45, 7) is 10.9. The third-order valence-electron chi connectivity index (χ3n) is 4.98. The number of guanidine groups is 1. The molecule has 0 heterocycles. The maximum absolute atomic E-state index is 11.6. The molecular weight excluding hydrogens is 404 g/mol. The molecule has 174 valence electrons. The first kappa shape index (κ1) is 25.0. The number of rotatable bonds is 11. The Morgan fingerprint density at radius 1 is 0.969 bits per heavy atom. The fourth-order valence-electron chi connectivity index (χ4n) is 3.13. The van der Waals surface area contributed by atoms with Gasteiger partial charge in [-0.15, -0.1) is 0 Å². The fraction of sp³-hybridized carbons (Fsp3) is 0.440. The monoisotopic (exact) mass is 440 g/mol. The normalized spacial score (nSPS) is 11.6. The molecule has 2 rings (SSSR count). The molecule has 1 amide bonds. The Balaban J connectivity index is 2.03. The van der Waals surface area contributed by atoms with Gasteiger partial charge in [0, 0.05) is 25.0 Å². The molecule has 0 fully saturated rings. The maximum atomic E-state index is 11.6. The minimum atomic E-state index is -0.164. The van der Waals surface area contributed by atoms with Gasteiger partial charge in [-0.25, -0.2) is 4.99 Å². The van der Waals surface area contributed by atoms with Crippen molar-refractivity contribution < 1.29 is 14.3 Å². The lowest BCUT2D eigenvalue weighted by atomic mass is 9.85. The Bertz CT molecular complexity index is 882. The van der Waals surface area contributed by atoms with Crippen molar-refractivity contribution in [3.8, 4) is 11.5 Å². The number of carbonyl (C=O) groups is 1. The number of aliphatic imine (C=N–C) groups is 1. The summed E-state index contributed by atoms with van der Waals surface area (Å²) >= 11 is 0. The lowest BCUT2D eigenvalue weighted by Crippen LogP contribution is -2.43. The number of hydrogen-bond donors (Lipinski definition) is 3. The summed E-state index contributed by atoms with van der Waals surface area (Å²) in [7, 11) is 1.58. The number of amides is 1. The van der Waals surface area contributed by atoms with Gasteiger partial charge in [0.25, 0.3) is 5.91 Å². The molecule has 2 aromatic carbocycles. The lowest BCUT2D eigenvalue weighted by Gasteiger charge is -2.26. The number of carbonyl (C=O) groups excluding carboxylic acids is 1. The van der Waals surface area contributed by atoms with E-state index in [-0.39, 0.29) is 17.9 Å². The second-order valence-electron chi connectivity index (χ2n) is 8.03. The molecule has 2 aromatic rings. The maximum Gasteiger partial charge on any atom is 0.257 e. The first-order valence-electron chi connectivity index (χ1n) is 11.0. The van der Waals surface area contributed by atoms with Crippen LogP contribution in [0, 0.1) is 0 Å². The molecule has 0 aliphatic rings. The molecule has 0 unspecified atom stereocenters. The average molecular weight is 441 g/mol. The van der Waals surface area contributed by atoms with E-state index in [1.807, 2.05) is 38.1 Å². The van der Waals surface area contributed by atoms with Crippen LogP contribution in [0.2, 0.25) is 0 Å². The lowest BCUT2D eigenvalue weighted by molar-refractivity contribution is -0.123. The molecule has 0 saturated heterocycles. The number of hydrogen-bond acceptors (Lipinski definition) is 4. The first-order chi connectivity index (χ1) is 15.4. The largest absolute Gasteiger partial charge is 0.493 e. The Labute approximate surface area is 191 Å². The number of likely N-dealkylation sites (N-methyl/N-ethyl adjacent to an activating group) is 1. The molecule has 7 heteroatoms. The van der Waals surface area contributed by atoms with Crippen LogP contribution in [-0.4, -0.2) is 45.2 Å². The van der Waals surface area contributed by atoms with Gasteiger partial charge in [0.1, 0.15) is 0 Å². The Morgan fingerprint density at radius 2 is 1.69 bits per heavy atom. The van der Waals surface area contributed by atoms with Gasteiger partial charge in [0.15, 0.2) is 24.1 Å². The Morgan fingerprint density at radius 3 is 2.34 bits per heavy atom. The zero-order valence-electron chi connectivity index (χ0n) is 19.8. The first-order valence-corrected chi connectivity index (χ1v) is 11.0. The van der Waals surface area contributed by atoms with E-state index >= 15 is 0 Å². The fourth-order valence-corrected chi connectivity index (χ4v) is 3.13. The molecule has 3 N–H and O–H groups in total. The van der Waals surface area contributed by atoms with E-state index in [4.69, 9.17) is 14.5 Å². The van der Waals surface area contributed by atoms with Gasteiger partial charge < -0.3 is 25.4 Å². The van der Waals surface area contributed by atoms with Crippen molar-refractivity contribution in [2.24, 2.45) is 4.99 Å². The number of methoxy groups -OCH3 is 1. The summed E-state index contributed by atoms with van der Waals surface area (Å²) in [5, 5.41) is 9.46. The molecule has 0 spiro atoms. The smallest absolute Gasteiger partial charge is 0.257 e. The molecule has 0 aliphatic carbocycles. The highest BCUT2D eigenvalue weighted by Crippen LogP contribution is 2.28. The predicted octanol–water partition coefficient (Wildman–Crippen LogP) is 3.24. The topological polar surface area (TPSA) is 84.0 Å². The quantitative estimate of drug-likeness (QED) is 0.369. The van der Waals surface area contributed by atoms with Gasteiger partial charge in [0.2, 0.25) is 0 Å². The summed E-state index contributed by atoms with van der Waals surface area (Å²) in [6, 6.07) is 16.1. The van der Waals surface area contributed by atoms with E-state index in [1.54, 1.807) is 7.11 Å². The highest BCUT2D eigenvalue weighted by molar-refractivity contribution is 5.80. The van der Waals surface area contributed by atoms with E-state index in [1.165, 1.54) is 5.56 Å². The zero-order chi connectivity index (χ0) is 23.4. The van der Waals surface area contributed by atoms with Crippen molar-refractivity contribution in [1.29, 1.82) is 0 Å². The standard InChI is InChI=1S/C25H36N4O3/c1-6-26-23(30)17-32-21-14-13-19(15-22(21)31-5)16-28-24(27-7-2)29-18-25(3,4)20-11-9-8-10-12-20/h8-15H,6-7,16-18H2,1-5H3,(H,26,30)(H2,27,28,29). The summed E-state index contributed by atoms with van der Waals surface area (Å²) in [5.41, 5.74) is 2.21. The molecule has 0 aromatic heterocycles. The van der Waals surface area contributed by atoms with Crippen molar-refractivity contribution in [2.75, 3.05) is 33.4 Å². The Kier molecular flexibility index (Phi) is 9.85. The molecule has 0 radical (unpaired) electrons. The minimum absolute atomic E-state index is 0.0380. The van der Waals surface area contributed by atoms with Crippen LogP contribution in [0.5, 0.6) is 11.5 Å². The number of nitrogens with one attached hydrogen (secondary N) is 3. The second kappa shape index (κ2) is 12.6. The SMILES string of the molecule is CCNC(=O)COc1ccc(CN=C(NCC)NCC(C)(C)c2ccccc2)cc1OC. The number of ether oxygens (including phenoxy) is 2. The third kappa shape index (κ3) is 7.80. The van der Waals surface area contributed by atoms with Gasteiger partial charge in [-0.3, -0.25) is 4.79 Å². The molecule has 0 atom stereocenters. The van der Waals surface area contributed by atoms with Crippen molar-refractivity contribution in [3.05, 3.63) is 59.7 Å². The van der Waals surface area contributed by atoms with Crippen LogP contribution in [0.25, 0.3) is 0 Å². The van der Waals surface area contributed by atoms with Crippen LogP contribution < -0.4 is 25.4 Å². The summed E-state index contributed by atoms with van der Waals surface area (Å²) in [5.74, 6) is 1.70. The van der Waals surface area contributed by atoms with Gasteiger partial charge in [-0.05, 0) is 37.1 Å². The Hall–Kier alpha value is -3.22. The molecule has 7 nitrogen and oxygen atoms in total. The van der Waals surface area contributed by atoms with E-state index < -0.39 is 0 Å². The molecule has 0 bridgehead atoms. The van der Waals surface area contributed by atoms with Crippen molar-refractivity contribution in [2.45, 2.75) is 39.7 Å². The molecule has 32 heavy (non-hydrogen) atoms. The van der Waals surface area contributed by atoms with E-state index in [2.05, 4.69) is 54.1 Å². The van der Waals surface area contributed by atoms with Gasteiger partial charge in [-0.1, -0.05) is 50.2 Å². The second-order valence-corrected chi connectivity index (χ2v) is 8.03. The molecule has 0 saturated carbocycles. The van der Waals surface area contributed by atoms with Crippen LogP contribution in [0.1, 0.15) is 38.8 Å². The van der Waals surface area contributed by atoms with Crippen LogP contribution in [0.15, 0.2) is 53.5 Å². The van der Waals surface area contributed by atoms with Crippen LogP contribution in [-0.2, 0) is 16.8 Å². The van der Waals surface area contributed by atoms with Crippen molar-refractivity contribution >= 4 is 11.9 Å². The summed E-state index contributed by atoms with van der Waals surface area (Å²) in [6.07, 6.45) is 0. The average Bonchev–Trinajstić information content (AvgIpc) is 2.80. The van der Waals surface area contributed by atoms with E-state index in [0.29, 0.717) is 24.6 Å². The number of benzene rings is 2. The third-order valence-corrected chi connectivity index (χ3v) is 4.98. The van der Waals surface area contributed by atoms with Gasteiger partial charge in [0.05, 0.1) is 13.7 Å². The highest BCUT2D eigenvalue weighted by atomic mass is 16.5. The van der Waals surface area contributed by atoms with Crippen LogP contribution >= 0.6 is 0 Å². The summed E-state index contributed by atoms with van der Waals surface area (Å²) < 4.78 is 11.0. The zero-order valence-corrected chi connectivity index (χ0v) is 19.8. The van der Waals surface area contributed by atoms with Crippen molar-refractivity contribution in [1.82, 2.24) is 16.0 Å². The van der Waals surface area contributed by atoms with E-state index in [9.17, 15) is 4.79 Å². The minimum Gasteiger partial charge on any atom is -0.493 e. The van der Waals surface area contributed by atoms with Crippen LogP contribution in [0.3, 0.4) is 0 Å². The van der Waals surface area contributed by atoms with Gasteiger partial charge in [-0.2, -0.15) is 0 Å². The summed E-state index contributed by atoms with van der Waals surface area (Å²) in [4.78, 5) is 16.4. The number of nitrogens with zero attached hydrogens (tertiary/aromatic N) is 1. The molecule has 0 aliphatic heterocycles. The van der Waals surface area contributed by atoms with Gasteiger partial charge >= 0.3 is 0 Å². The molecular formula is C25H36N4O3. The highest BCUT2D eigenvalue weighted by Gasteiger charge is 2.20. The van der Waals surface area contributed by atoms with Crippen LogP contribution in [0.4, 0.5) is 0 Å². The predicted molar refractivity (Wildman–Crippen MR) is 129 cm³/mol. The van der Waals surface area contributed by atoms with Crippen molar-refractivity contribution in [3.63, 3.8) is 0 Å². The van der Waals surface area contributed by atoms with E-state index in [0.717, 1.165) is 24.6 Å².